The van der Waals surface area contributed by atoms with Crippen LogP contribution in [0.1, 0.15) is 22.3 Å². The Balaban J connectivity index is 0.00000114. The first-order chi connectivity index (χ1) is 25.4. The second-order valence-electron chi connectivity index (χ2n) is 13.1. The molecule has 0 aliphatic rings. The molecule has 0 nitrogen and oxygen atoms in total. The monoisotopic (exact) mass is 814 g/mol. The Hall–Kier alpha value is -3.74. The molecule has 0 radical (unpaired) electrons. The van der Waals surface area contributed by atoms with Crippen LogP contribution in [0.15, 0.2) is 146 Å². The van der Waals surface area contributed by atoms with Gasteiger partial charge < -0.3 is 0 Å². The van der Waals surface area contributed by atoms with E-state index in [9.17, 15) is 13.2 Å². The van der Waals surface area contributed by atoms with E-state index in [0.717, 1.165) is 33.4 Å². The van der Waals surface area contributed by atoms with Crippen molar-refractivity contribution < 1.29 is 27.9 Å². The first-order valence-electron chi connectivity index (χ1n) is 17.1. The predicted octanol–water partition coefficient (Wildman–Crippen LogP) is 11.5. The molecule has 0 spiro atoms. The second kappa shape index (κ2) is 16.7. The summed E-state index contributed by atoms with van der Waals surface area (Å²) in [6.07, 6.45) is 0. The van der Waals surface area contributed by atoms with Crippen LogP contribution in [0, 0.1) is 45.1 Å². The van der Waals surface area contributed by atoms with E-state index in [0.29, 0.717) is 0 Å². The molecule has 0 saturated heterocycles. The van der Waals surface area contributed by atoms with E-state index in [1.807, 2.05) is 36.4 Å². The van der Waals surface area contributed by atoms with E-state index in [1.165, 1.54) is 79.4 Å². The molecule has 0 aliphatic carbocycles. The van der Waals surface area contributed by atoms with Crippen LogP contribution in [-0.4, -0.2) is 8.07 Å². The van der Waals surface area contributed by atoms with Gasteiger partial charge in [0.1, 0.15) is 25.5 Å². The van der Waals surface area contributed by atoms with Crippen molar-refractivity contribution in [1.82, 2.24) is 0 Å². The van der Waals surface area contributed by atoms with E-state index in [-0.39, 0.29) is 17.5 Å². The fourth-order valence-electron chi connectivity index (χ4n) is 7.44. The van der Waals surface area contributed by atoms with Gasteiger partial charge >= 0.3 is 42.6 Å². The third-order valence-electron chi connectivity index (χ3n) is 10.2. The fourth-order valence-corrected chi connectivity index (χ4v) is 13.0. The summed E-state index contributed by atoms with van der Waals surface area (Å²) in [4.78, 5) is 0. The van der Waals surface area contributed by atoms with Crippen LogP contribution in [0.5, 0.6) is 0 Å². The van der Waals surface area contributed by atoms with Crippen molar-refractivity contribution in [3.63, 3.8) is 0 Å². The number of halogens is 6. The summed E-state index contributed by atoms with van der Waals surface area (Å²) in [5.41, 5.74) is 10.9. The van der Waals surface area contributed by atoms with Crippen LogP contribution in [-0.2, 0) is 14.7 Å². The van der Waals surface area contributed by atoms with Gasteiger partial charge in [-0.1, -0.05) is 152 Å². The summed E-state index contributed by atoms with van der Waals surface area (Å²) in [5.74, 6) is -0.812. The van der Waals surface area contributed by atoms with Gasteiger partial charge in [0.25, 0.3) is 0 Å². The minimum atomic E-state index is -3.15. The predicted molar refractivity (Wildman–Crippen MR) is 218 cm³/mol. The molecule has 0 heterocycles. The Morgan fingerprint density at radius 3 is 0.943 bits per heavy atom. The number of rotatable bonds is 7. The van der Waals surface area contributed by atoms with Gasteiger partial charge in [0.2, 0.25) is 0 Å². The molecule has 7 aromatic rings. The Bertz CT molecular complexity index is 2110. The molecule has 0 amide bonds. The molecule has 0 saturated carbocycles. The number of hydrogen-bond donors (Lipinski definition) is 0. The van der Waals surface area contributed by atoms with Crippen LogP contribution in [0.3, 0.4) is 0 Å². The molecule has 0 aliphatic heterocycles. The van der Waals surface area contributed by atoms with Crippen molar-refractivity contribution in [3.05, 3.63) is 185 Å². The van der Waals surface area contributed by atoms with E-state index >= 15 is 0 Å². The average Bonchev–Trinajstić information content (AvgIpc) is 3.35. The van der Waals surface area contributed by atoms with Crippen LogP contribution < -0.4 is 20.7 Å². The quantitative estimate of drug-likeness (QED) is 0.0854. The number of hydrogen-bond acceptors (Lipinski definition) is 0. The normalized spacial score (nSPS) is 11.2. The maximum absolute atomic E-state index is 14.0. The summed E-state index contributed by atoms with van der Waals surface area (Å²) in [7, 11) is 11.8. The molecule has 8 heteroatoms. The molecule has 0 bridgehead atoms. The molecule has 0 N–H and O–H groups in total. The zero-order chi connectivity index (χ0) is 37.9. The molecule has 53 heavy (non-hydrogen) atoms. The van der Waals surface area contributed by atoms with Crippen LogP contribution in [0.2, 0.25) is 0 Å². The summed E-state index contributed by atoms with van der Waals surface area (Å²) in [5, 5.41) is 4.92. The van der Waals surface area contributed by atoms with Crippen LogP contribution in [0.25, 0.3) is 33.4 Å². The standard InChI is InChI=1S/C45H36F3Si.3ClH.Ti/c1-29-30(2)32(4)45(31(29)3)49(42-11-5-8-36(26-42)33-14-20-39(46)21-15-33,43-12-6-9-37(27-43)34-16-22-40(47)23-17-34)44-13-7-10-38(28-44)35-18-24-41(48)25-19-35;;;;/h5-28H,1-4H3;3*1H;/q-1;;;;+4/p-3. The van der Waals surface area contributed by atoms with E-state index in [1.54, 1.807) is 0 Å². The fraction of sp³-hybridized carbons (Fsp3) is 0.0889. The second-order valence-corrected chi connectivity index (χ2v) is 24.6. The summed E-state index contributed by atoms with van der Waals surface area (Å²) in [6, 6.07) is 46.1. The van der Waals surface area contributed by atoms with Crippen molar-refractivity contribution >= 4 is 56.7 Å². The van der Waals surface area contributed by atoms with E-state index < -0.39 is 22.8 Å². The van der Waals surface area contributed by atoms with Crippen molar-refractivity contribution in [1.29, 1.82) is 0 Å². The third-order valence-corrected chi connectivity index (χ3v) is 15.3. The van der Waals surface area contributed by atoms with Crippen molar-refractivity contribution in [2.45, 2.75) is 27.7 Å². The van der Waals surface area contributed by atoms with Gasteiger partial charge in [-0.25, -0.2) is 13.2 Å². The minimum absolute atomic E-state index is 0.271. The van der Waals surface area contributed by atoms with Crippen molar-refractivity contribution in [2.75, 3.05) is 0 Å². The third kappa shape index (κ3) is 8.20. The Morgan fingerprint density at radius 1 is 0.415 bits per heavy atom. The molecule has 266 valence electrons. The zero-order valence-corrected chi connectivity index (χ0v) is 34.5. The average molecular weight is 816 g/mol. The molecule has 0 aromatic heterocycles. The van der Waals surface area contributed by atoms with Gasteiger partial charge in [0.15, 0.2) is 0 Å². The van der Waals surface area contributed by atoms with Crippen LogP contribution >= 0.6 is 27.9 Å². The van der Waals surface area contributed by atoms with Gasteiger partial charge in [-0.05, 0) is 69.8 Å². The Morgan fingerprint density at radius 2 is 0.679 bits per heavy atom. The Kier molecular flexibility index (Phi) is 12.3. The zero-order valence-electron chi connectivity index (χ0n) is 29.6. The molecule has 7 aromatic carbocycles. The maximum atomic E-state index is 14.0. The molecular weight excluding hydrogens is 780 g/mol. The van der Waals surface area contributed by atoms with Gasteiger partial charge in [-0.15, -0.1) is 5.19 Å². The van der Waals surface area contributed by atoms with Gasteiger partial charge in [0.05, 0.1) is 0 Å². The summed E-state index contributed by atoms with van der Waals surface area (Å²) >= 11 is -1.92. The van der Waals surface area contributed by atoms with Crippen LogP contribution in [0.4, 0.5) is 13.2 Å². The topological polar surface area (TPSA) is 0 Å². The summed E-state index contributed by atoms with van der Waals surface area (Å²) < 4.78 is 42.1. The molecular formula is C45H36Cl3F3SiTi. The van der Waals surface area contributed by atoms with Gasteiger partial charge in [-0.2, -0.15) is 22.3 Å². The number of benzene rings is 6. The Labute approximate surface area is 328 Å². The molecule has 0 unspecified atom stereocenters. The molecule has 0 fully saturated rings. The van der Waals surface area contributed by atoms with Crippen molar-refractivity contribution in [2.24, 2.45) is 0 Å². The first kappa shape index (κ1) is 39.0. The van der Waals surface area contributed by atoms with Crippen molar-refractivity contribution in [3.8, 4) is 33.4 Å². The summed E-state index contributed by atoms with van der Waals surface area (Å²) in [6.45, 7) is 8.89. The molecule has 0 atom stereocenters. The van der Waals surface area contributed by atoms with E-state index in [4.69, 9.17) is 27.9 Å². The van der Waals surface area contributed by atoms with Gasteiger partial charge in [-0.3, -0.25) is 0 Å². The van der Waals surface area contributed by atoms with Gasteiger partial charge in [0, 0.05) is 0 Å². The SMILES string of the molecule is Cc1c(C)c(C)[c-]([Si](c2cccc(-c3ccc(F)cc3)c2)(c2cccc(-c3ccc(F)cc3)c2)c2cccc(-c3ccc(F)cc3)c2)c1C.[Cl][Ti+]([Cl])[Cl]. The van der Waals surface area contributed by atoms with E-state index in [2.05, 4.69) is 100 Å². The first-order valence-corrected chi connectivity index (χ1v) is 25.5. The molecule has 7 rings (SSSR count).